The third-order valence-electron chi connectivity index (χ3n) is 2.62. The third-order valence-corrected chi connectivity index (χ3v) is 2.62. The van der Waals surface area contributed by atoms with Crippen molar-refractivity contribution < 1.29 is 9.53 Å². The van der Waals surface area contributed by atoms with Crippen LogP contribution >= 0.6 is 0 Å². The molecule has 0 saturated heterocycles. The predicted octanol–water partition coefficient (Wildman–Crippen LogP) is 1.63. The van der Waals surface area contributed by atoms with Crippen molar-refractivity contribution in [3.63, 3.8) is 0 Å². The minimum atomic E-state index is -0.241. The van der Waals surface area contributed by atoms with Gasteiger partial charge in [0, 0.05) is 11.8 Å². The Bertz CT molecular complexity index is 573. The highest BCUT2D eigenvalue weighted by molar-refractivity contribution is 5.92. The second-order valence-electron chi connectivity index (χ2n) is 4.22. The van der Waals surface area contributed by atoms with E-state index in [2.05, 4.69) is 15.5 Å². The topological polar surface area (TPSA) is 93.0 Å². The number of aryl methyl sites for hydroxylation is 2. The van der Waals surface area contributed by atoms with Crippen LogP contribution in [-0.4, -0.2) is 22.7 Å². The van der Waals surface area contributed by atoms with Crippen LogP contribution in [0, 0.1) is 13.8 Å². The molecule has 2 rings (SSSR count). The number of nitrogen functional groups attached to an aromatic ring is 1. The highest BCUT2D eigenvalue weighted by Gasteiger charge is 2.10. The number of nitrogens with one attached hydrogen (secondary N) is 2. The molecule has 0 aliphatic rings. The zero-order chi connectivity index (χ0) is 13.8. The molecule has 6 nitrogen and oxygen atoms in total. The molecule has 0 aliphatic heterocycles. The number of nitrogens with zero attached hydrogens (tertiary/aromatic N) is 1. The SMILES string of the molecule is Cc1n[nH]c(C)c1NC(=O)COc1cccc(N)c1. The number of carbonyl (C=O) groups is 1. The first-order valence-corrected chi connectivity index (χ1v) is 5.86. The van der Waals surface area contributed by atoms with Gasteiger partial charge < -0.3 is 15.8 Å². The van der Waals surface area contributed by atoms with Gasteiger partial charge in [0.2, 0.25) is 0 Å². The number of amides is 1. The number of aromatic amines is 1. The summed E-state index contributed by atoms with van der Waals surface area (Å²) in [5.41, 5.74) is 8.47. The largest absolute Gasteiger partial charge is 0.484 e. The fourth-order valence-corrected chi connectivity index (χ4v) is 1.66. The van der Waals surface area contributed by atoms with Gasteiger partial charge >= 0.3 is 0 Å². The summed E-state index contributed by atoms with van der Waals surface area (Å²) in [6, 6.07) is 6.94. The summed E-state index contributed by atoms with van der Waals surface area (Å²) in [5, 5.41) is 9.56. The van der Waals surface area contributed by atoms with Gasteiger partial charge in [0.05, 0.1) is 17.1 Å². The van der Waals surface area contributed by atoms with Crippen LogP contribution in [0.25, 0.3) is 0 Å². The van der Waals surface area contributed by atoms with Crippen molar-refractivity contribution in [2.24, 2.45) is 0 Å². The quantitative estimate of drug-likeness (QED) is 0.728. The Labute approximate surface area is 111 Å². The highest BCUT2D eigenvalue weighted by atomic mass is 16.5. The minimum Gasteiger partial charge on any atom is -0.484 e. The Morgan fingerprint density at radius 1 is 1.47 bits per heavy atom. The number of carbonyl (C=O) groups excluding carboxylic acids is 1. The summed E-state index contributed by atoms with van der Waals surface area (Å²) in [6.45, 7) is 3.58. The highest BCUT2D eigenvalue weighted by Crippen LogP contribution is 2.17. The summed E-state index contributed by atoms with van der Waals surface area (Å²) in [6.07, 6.45) is 0. The van der Waals surface area contributed by atoms with Crippen LogP contribution in [0.4, 0.5) is 11.4 Å². The van der Waals surface area contributed by atoms with Crippen LogP contribution in [-0.2, 0) is 4.79 Å². The summed E-state index contributed by atoms with van der Waals surface area (Å²) < 4.78 is 5.35. The lowest BCUT2D eigenvalue weighted by molar-refractivity contribution is -0.118. The first-order valence-electron chi connectivity index (χ1n) is 5.86. The van der Waals surface area contributed by atoms with Crippen LogP contribution in [0.3, 0.4) is 0 Å². The van der Waals surface area contributed by atoms with Gasteiger partial charge in [-0.2, -0.15) is 5.10 Å². The number of H-pyrrole nitrogens is 1. The summed E-state index contributed by atoms with van der Waals surface area (Å²) >= 11 is 0. The molecule has 0 bridgehead atoms. The Morgan fingerprint density at radius 3 is 2.89 bits per heavy atom. The minimum absolute atomic E-state index is 0.0759. The van der Waals surface area contributed by atoms with Gasteiger partial charge in [-0.15, -0.1) is 0 Å². The molecule has 2 aromatic rings. The van der Waals surface area contributed by atoms with Crippen molar-refractivity contribution in [3.05, 3.63) is 35.7 Å². The predicted molar refractivity (Wildman–Crippen MR) is 73.0 cm³/mol. The zero-order valence-electron chi connectivity index (χ0n) is 10.9. The molecular formula is C13H16N4O2. The van der Waals surface area contributed by atoms with Crippen LogP contribution in [0.2, 0.25) is 0 Å². The van der Waals surface area contributed by atoms with Crippen molar-refractivity contribution >= 4 is 17.3 Å². The normalized spacial score (nSPS) is 10.2. The Balaban J connectivity index is 1.92. The molecule has 0 atom stereocenters. The zero-order valence-corrected chi connectivity index (χ0v) is 10.9. The lowest BCUT2D eigenvalue weighted by Gasteiger charge is -2.08. The maximum Gasteiger partial charge on any atom is 0.262 e. The molecule has 1 aromatic heterocycles. The molecule has 6 heteroatoms. The second-order valence-corrected chi connectivity index (χ2v) is 4.22. The van der Waals surface area contributed by atoms with E-state index < -0.39 is 0 Å². The summed E-state index contributed by atoms with van der Waals surface area (Å²) in [5.74, 6) is 0.325. The molecule has 4 N–H and O–H groups in total. The van der Waals surface area contributed by atoms with Crippen molar-refractivity contribution in [1.29, 1.82) is 0 Å². The van der Waals surface area contributed by atoms with E-state index in [1.165, 1.54) is 0 Å². The first-order chi connectivity index (χ1) is 9.06. The molecule has 1 amide bonds. The number of hydrogen-bond acceptors (Lipinski definition) is 4. The smallest absolute Gasteiger partial charge is 0.262 e. The molecule has 1 heterocycles. The lowest BCUT2D eigenvalue weighted by Crippen LogP contribution is -2.20. The van der Waals surface area contributed by atoms with Crippen molar-refractivity contribution in [3.8, 4) is 5.75 Å². The van der Waals surface area contributed by atoms with Gasteiger partial charge in [0.25, 0.3) is 5.91 Å². The van der Waals surface area contributed by atoms with Gasteiger partial charge in [-0.05, 0) is 26.0 Å². The van der Waals surface area contributed by atoms with E-state index in [-0.39, 0.29) is 12.5 Å². The van der Waals surface area contributed by atoms with E-state index in [0.29, 0.717) is 17.1 Å². The molecule has 19 heavy (non-hydrogen) atoms. The Hall–Kier alpha value is -2.50. The fourth-order valence-electron chi connectivity index (χ4n) is 1.66. The molecule has 100 valence electrons. The number of nitrogens with two attached hydrogens (primary N) is 1. The molecular weight excluding hydrogens is 244 g/mol. The van der Waals surface area contributed by atoms with Gasteiger partial charge in [0.1, 0.15) is 5.75 Å². The fraction of sp³-hybridized carbons (Fsp3) is 0.231. The standard InChI is InChI=1S/C13H16N4O2/c1-8-13(9(2)17-16-8)15-12(18)7-19-11-5-3-4-10(14)6-11/h3-6H,7,14H2,1-2H3,(H,15,18)(H,16,17). The maximum atomic E-state index is 11.8. The monoisotopic (exact) mass is 260 g/mol. The van der Waals surface area contributed by atoms with Gasteiger partial charge in [-0.1, -0.05) is 6.07 Å². The van der Waals surface area contributed by atoms with Crippen molar-refractivity contribution in [2.75, 3.05) is 17.7 Å². The molecule has 1 aromatic carbocycles. The third kappa shape index (κ3) is 3.25. The number of anilines is 2. The second kappa shape index (κ2) is 5.43. The average Bonchev–Trinajstić information content (AvgIpc) is 2.68. The van der Waals surface area contributed by atoms with Crippen LogP contribution in [0.1, 0.15) is 11.4 Å². The van der Waals surface area contributed by atoms with Crippen molar-refractivity contribution in [1.82, 2.24) is 10.2 Å². The maximum absolute atomic E-state index is 11.8. The van der Waals surface area contributed by atoms with Crippen LogP contribution < -0.4 is 15.8 Å². The lowest BCUT2D eigenvalue weighted by atomic mass is 10.3. The van der Waals surface area contributed by atoms with Crippen LogP contribution in [0.15, 0.2) is 24.3 Å². The van der Waals surface area contributed by atoms with E-state index in [1.54, 1.807) is 24.3 Å². The number of hydrogen-bond donors (Lipinski definition) is 3. The Morgan fingerprint density at radius 2 is 2.26 bits per heavy atom. The Kier molecular flexibility index (Phi) is 3.70. The molecule has 0 spiro atoms. The van der Waals surface area contributed by atoms with Crippen molar-refractivity contribution in [2.45, 2.75) is 13.8 Å². The van der Waals surface area contributed by atoms with Gasteiger partial charge in [0.15, 0.2) is 6.61 Å². The van der Waals surface area contributed by atoms with E-state index in [9.17, 15) is 4.79 Å². The molecule has 0 aliphatic carbocycles. The van der Waals surface area contributed by atoms with Crippen LogP contribution in [0.5, 0.6) is 5.75 Å². The van der Waals surface area contributed by atoms with E-state index in [0.717, 1.165) is 11.4 Å². The molecule has 0 unspecified atom stereocenters. The van der Waals surface area contributed by atoms with Gasteiger partial charge in [-0.3, -0.25) is 9.89 Å². The molecule has 0 radical (unpaired) electrons. The first kappa shape index (κ1) is 12.9. The van der Waals surface area contributed by atoms with Gasteiger partial charge in [-0.25, -0.2) is 0 Å². The van der Waals surface area contributed by atoms with E-state index in [4.69, 9.17) is 10.5 Å². The number of aromatic nitrogens is 2. The average molecular weight is 260 g/mol. The van der Waals surface area contributed by atoms with E-state index >= 15 is 0 Å². The number of ether oxygens (including phenoxy) is 1. The number of benzene rings is 1. The number of rotatable bonds is 4. The molecule has 0 saturated carbocycles. The summed E-state index contributed by atoms with van der Waals surface area (Å²) in [4.78, 5) is 11.8. The van der Waals surface area contributed by atoms with E-state index in [1.807, 2.05) is 13.8 Å². The summed E-state index contributed by atoms with van der Waals surface area (Å²) in [7, 11) is 0. The molecule has 0 fully saturated rings.